The van der Waals surface area contributed by atoms with E-state index in [1.807, 2.05) is 47.1 Å². The van der Waals surface area contributed by atoms with Gasteiger partial charge in [-0.25, -0.2) is 0 Å². The molecular weight excluding hydrogens is 402 g/mol. The maximum absolute atomic E-state index is 13.9. The largest absolute Gasteiger partial charge is 0.342 e. The van der Waals surface area contributed by atoms with Crippen molar-refractivity contribution in [1.82, 2.24) is 19.8 Å². The molecule has 7 nitrogen and oxygen atoms in total. The predicted molar refractivity (Wildman–Crippen MR) is 124 cm³/mol. The van der Waals surface area contributed by atoms with Crippen LogP contribution in [0.4, 0.5) is 5.69 Å². The van der Waals surface area contributed by atoms with Gasteiger partial charge in [-0.3, -0.25) is 24.5 Å². The standard InChI is InChI=1S/C25H33N5O2/c1-19(2)18-29-14-15-30(22-8-7-20(3)27-17-22)24(32)25(29)9-12-28(13-10-25)23(31)16-21-6-4-5-11-26-21/h4-8,11,17,19H,9-10,12-16,18H2,1-3H3. The molecule has 0 radical (unpaired) electrons. The van der Waals surface area contributed by atoms with Crippen LogP contribution >= 0.6 is 0 Å². The molecule has 1 spiro atoms. The van der Waals surface area contributed by atoms with Gasteiger partial charge in [-0.1, -0.05) is 19.9 Å². The Morgan fingerprint density at radius 1 is 1.06 bits per heavy atom. The number of piperazine rings is 1. The van der Waals surface area contributed by atoms with Gasteiger partial charge in [0.1, 0.15) is 5.54 Å². The number of pyridine rings is 2. The van der Waals surface area contributed by atoms with Crippen LogP contribution in [0, 0.1) is 12.8 Å². The molecule has 2 aliphatic heterocycles. The first-order chi connectivity index (χ1) is 15.4. The maximum Gasteiger partial charge on any atom is 0.247 e. The maximum atomic E-state index is 13.9. The second kappa shape index (κ2) is 9.36. The summed E-state index contributed by atoms with van der Waals surface area (Å²) in [5.74, 6) is 0.694. The first kappa shape index (κ1) is 22.4. The highest BCUT2D eigenvalue weighted by Gasteiger charge is 2.51. The van der Waals surface area contributed by atoms with Crippen molar-refractivity contribution in [1.29, 1.82) is 0 Å². The molecule has 170 valence electrons. The predicted octanol–water partition coefficient (Wildman–Crippen LogP) is 2.69. The number of piperidine rings is 1. The highest BCUT2D eigenvalue weighted by molar-refractivity contribution is 6.01. The average molecular weight is 436 g/mol. The molecule has 0 unspecified atom stereocenters. The third kappa shape index (κ3) is 4.53. The summed E-state index contributed by atoms with van der Waals surface area (Å²) in [5.41, 5.74) is 2.02. The third-order valence-electron chi connectivity index (χ3n) is 6.64. The van der Waals surface area contributed by atoms with Crippen molar-refractivity contribution in [2.24, 2.45) is 5.92 Å². The van der Waals surface area contributed by atoms with Gasteiger partial charge in [-0.15, -0.1) is 0 Å². The van der Waals surface area contributed by atoms with Gasteiger partial charge in [0, 0.05) is 50.3 Å². The van der Waals surface area contributed by atoms with Crippen molar-refractivity contribution >= 4 is 17.5 Å². The van der Waals surface area contributed by atoms with Crippen molar-refractivity contribution in [3.8, 4) is 0 Å². The van der Waals surface area contributed by atoms with Gasteiger partial charge >= 0.3 is 0 Å². The topological polar surface area (TPSA) is 69.6 Å². The van der Waals surface area contributed by atoms with Crippen molar-refractivity contribution in [3.63, 3.8) is 0 Å². The van der Waals surface area contributed by atoms with Crippen LogP contribution in [-0.2, 0) is 16.0 Å². The normalized spacial score (nSPS) is 19.1. The van der Waals surface area contributed by atoms with E-state index in [0.717, 1.165) is 30.2 Å². The van der Waals surface area contributed by atoms with E-state index in [2.05, 4.69) is 28.7 Å². The van der Waals surface area contributed by atoms with Crippen LogP contribution in [0.5, 0.6) is 0 Å². The third-order valence-corrected chi connectivity index (χ3v) is 6.64. The molecule has 0 N–H and O–H groups in total. The molecule has 4 rings (SSSR count). The molecule has 0 atom stereocenters. The molecule has 7 heteroatoms. The summed E-state index contributed by atoms with van der Waals surface area (Å²) in [6.07, 6.45) is 5.13. The summed E-state index contributed by atoms with van der Waals surface area (Å²) in [7, 11) is 0. The SMILES string of the molecule is Cc1ccc(N2CCN(CC(C)C)C3(CCN(C(=O)Cc4ccccn4)CC3)C2=O)cn1. The number of rotatable bonds is 5. The Bertz CT molecular complexity index is 937. The van der Waals surface area contributed by atoms with Crippen molar-refractivity contribution in [2.45, 2.75) is 45.6 Å². The summed E-state index contributed by atoms with van der Waals surface area (Å²) in [6.45, 7) is 9.90. The van der Waals surface area contributed by atoms with Crippen LogP contribution < -0.4 is 4.90 Å². The Morgan fingerprint density at radius 3 is 2.47 bits per heavy atom. The number of nitrogens with zero attached hydrogens (tertiary/aromatic N) is 5. The number of carbonyl (C=O) groups excluding carboxylic acids is 2. The molecular formula is C25H33N5O2. The number of amides is 2. The van der Waals surface area contributed by atoms with E-state index in [1.54, 1.807) is 12.4 Å². The van der Waals surface area contributed by atoms with Crippen molar-refractivity contribution < 1.29 is 9.59 Å². The summed E-state index contributed by atoms with van der Waals surface area (Å²) in [5, 5.41) is 0. The second-order valence-electron chi connectivity index (χ2n) is 9.36. The fraction of sp³-hybridized carbons (Fsp3) is 0.520. The van der Waals surface area contributed by atoms with Crippen molar-refractivity contribution in [3.05, 3.63) is 54.1 Å². The van der Waals surface area contributed by atoms with Crippen LogP contribution in [0.15, 0.2) is 42.7 Å². The highest BCUT2D eigenvalue weighted by atomic mass is 16.2. The van der Waals surface area contributed by atoms with E-state index >= 15 is 0 Å². The first-order valence-electron chi connectivity index (χ1n) is 11.6. The molecule has 0 aromatic carbocycles. The number of hydrogen-bond acceptors (Lipinski definition) is 5. The molecule has 2 amide bonds. The van der Waals surface area contributed by atoms with Gasteiger partial charge in [-0.2, -0.15) is 0 Å². The summed E-state index contributed by atoms with van der Waals surface area (Å²) in [6, 6.07) is 9.57. The molecule has 32 heavy (non-hydrogen) atoms. The molecule has 0 saturated carbocycles. The van der Waals surface area contributed by atoms with E-state index in [-0.39, 0.29) is 11.8 Å². The molecule has 0 aliphatic carbocycles. The van der Waals surface area contributed by atoms with E-state index in [4.69, 9.17) is 0 Å². The number of likely N-dealkylation sites (tertiary alicyclic amines) is 1. The Kier molecular flexibility index (Phi) is 6.55. The lowest BCUT2D eigenvalue weighted by Crippen LogP contribution is -2.69. The fourth-order valence-corrected chi connectivity index (χ4v) is 4.92. The second-order valence-corrected chi connectivity index (χ2v) is 9.36. The minimum atomic E-state index is -0.560. The Hall–Kier alpha value is -2.80. The monoisotopic (exact) mass is 435 g/mol. The van der Waals surface area contributed by atoms with Gasteiger partial charge in [0.2, 0.25) is 11.8 Å². The zero-order valence-corrected chi connectivity index (χ0v) is 19.3. The Balaban J connectivity index is 1.51. The summed E-state index contributed by atoms with van der Waals surface area (Å²) >= 11 is 0. The fourth-order valence-electron chi connectivity index (χ4n) is 4.92. The van der Waals surface area contributed by atoms with Gasteiger partial charge in [0.25, 0.3) is 0 Å². The first-order valence-corrected chi connectivity index (χ1v) is 11.6. The Labute approximate surface area is 190 Å². The minimum absolute atomic E-state index is 0.0804. The van der Waals surface area contributed by atoms with Gasteiger partial charge < -0.3 is 9.80 Å². The number of aryl methyl sites for hydroxylation is 1. The van der Waals surface area contributed by atoms with E-state index < -0.39 is 5.54 Å². The van der Waals surface area contributed by atoms with Crippen LogP contribution in [0.1, 0.15) is 38.1 Å². The van der Waals surface area contributed by atoms with Gasteiger partial charge in [0.05, 0.1) is 18.3 Å². The molecule has 0 bridgehead atoms. The molecule has 4 heterocycles. The molecule has 2 saturated heterocycles. The lowest BCUT2D eigenvalue weighted by atomic mass is 9.81. The zero-order valence-electron chi connectivity index (χ0n) is 19.3. The zero-order chi connectivity index (χ0) is 22.7. The highest BCUT2D eigenvalue weighted by Crippen LogP contribution is 2.36. The molecule has 2 fully saturated rings. The van der Waals surface area contributed by atoms with Gasteiger partial charge in [0.15, 0.2) is 0 Å². The van der Waals surface area contributed by atoms with Crippen LogP contribution in [0.25, 0.3) is 0 Å². The van der Waals surface area contributed by atoms with Crippen LogP contribution in [-0.4, -0.2) is 69.8 Å². The smallest absolute Gasteiger partial charge is 0.247 e. The number of hydrogen-bond donors (Lipinski definition) is 0. The molecule has 2 aromatic rings. The quantitative estimate of drug-likeness (QED) is 0.722. The van der Waals surface area contributed by atoms with Gasteiger partial charge in [-0.05, 0) is 49.9 Å². The Morgan fingerprint density at radius 2 is 1.84 bits per heavy atom. The van der Waals surface area contributed by atoms with Crippen LogP contribution in [0.3, 0.4) is 0 Å². The summed E-state index contributed by atoms with van der Waals surface area (Å²) < 4.78 is 0. The number of aromatic nitrogens is 2. The molecule has 2 aromatic heterocycles. The number of carbonyl (C=O) groups is 2. The molecule has 2 aliphatic rings. The lowest BCUT2D eigenvalue weighted by Gasteiger charge is -2.53. The van der Waals surface area contributed by atoms with Crippen molar-refractivity contribution in [2.75, 3.05) is 37.6 Å². The number of anilines is 1. The van der Waals surface area contributed by atoms with Crippen LogP contribution in [0.2, 0.25) is 0 Å². The lowest BCUT2D eigenvalue weighted by molar-refractivity contribution is -0.144. The minimum Gasteiger partial charge on any atom is -0.342 e. The summed E-state index contributed by atoms with van der Waals surface area (Å²) in [4.78, 5) is 41.6. The van der Waals surface area contributed by atoms with E-state index in [0.29, 0.717) is 44.8 Å². The average Bonchev–Trinajstić information content (AvgIpc) is 2.79. The van der Waals surface area contributed by atoms with E-state index in [1.165, 1.54) is 0 Å². The van der Waals surface area contributed by atoms with E-state index in [9.17, 15) is 9.59 Å².